The first-order valence-corrected chi connectivity index (χ1v) is 7.86. The van der Waals surface area contributed by atoms with Gasteiger partial charge >= 0.3 is 0 Å². The maximum atomic E-state index is 5.90. The van der Waals surface area contributed by atoms with E-state index in [0.29, 0.717) is 19.8 Å². The van der Waals surface area contributed by atoms with Crippen LogP contribution in [0.4, 0.5) is 0 Å². The highest BCUT2D eigenvalue weighted by Gasteiger charge is 2.08. The Bertz CT molecular complexity index is 587. The second kappa shape index (κ2) is 8.05. The number of benzene rings is 2. The zero-order valence-corrected chi connectivity index (χ0v) is 13.7. The molecule has 0 fully saturated rings. The van der Waals surface area contributed by atoms with Crippen LogP contribution in [0.3, 0.4) is 0 Å². The fourth-order valence-corrected chi connectivity index (χ4v) is 2.43. The van der Waals surface area contributed by atoms with Crippen molar-refractivity contribution >= 4 is 15.9 Å². The van der Waals surface area contributed by atoms with Gasteiger partial charge in [-0.15, -0.1) is 0 Å². The lowest BCUT2D eigenvalue weighted by molar-refractivity contribution is 0.268. The van der Waals surface area contributed by atoms with E-state index in [1.807, 2.05) is 49.4 Å². The van der Waals surface area contributed by atoms with Crippen molar-refractivity contribution in [3.05, 3.63) is 58.1 Å². The van der Waals surface area contributed by atoms with Crippen molar-refractivity contribution in [2.24, 2.45) is 5.73 Å². The summed E-state index contributed by atoms with van der Waals surface area (Å²) in [5, 5.41) is 0. The lowest BCUT2D eigenvalue weighted by Crippen LogP contribution is -2.04. The number of hydrogen-bond donors (Lipinski definition) is 1. The first-order chi connectivity index (χ1) is 10.2. The third kappa shape index (κ3) is 4.48. The van der Waals surface area contributed by atoms with Gasteiger partial charge in [0.25, 0.3) is 0 Å². The Balaban J connectivity index is 2.13. The number of rotatable bonds is 7. The molecule has 0 saturated carbocycles. The predicted octanol–water partition coefficient (Wildman–Crippen LogP) is 3.93. The number of ether oxygens (including phenoxy) is 2. The molecule has 0 aromatic heterocycles. The van der Waals surface area contributed by atoms with Crippen molar-refractivity contribution in [1.29, 1.82) is 0 Å². The predicted molar refractivity (Wildman–Crippen MR) is 88.8 cm³/mol. The summed E-state index contributed by atoms with van der Waals surface area (Å²) in [6.45, 7) is 3.70. The number of nitrogens with two attached hydrogens (primary N) is 1. The Labute approximate surface area is 134 Å². The highest BCUT2D eigenvalue weighted by atomic mass is 79.9. The highest BCUT2D eigenvalue weighted by Crippen LogP contribution is 2.30. The van der Waals surface area contributed by atoms with Crippen LogP contribution in [-0.4, -0.2) is 13.2 Å². The highest BCUT2D eigenvalue weighted by molar-refractivity contribution is 9.10. The monoisotopic (exact) mass is 349 g/mol. The van der Waals surface area contributed by atoms with Gasteiger partial charge in [-0.1, -0.05) is 40.2 Å². The Morgan fingerprint density at radius 2 is 1.86 bits per heavy atom. The summed E-state index contributed by atoms with van der Waals surface area (Å²) >= 11 is 3.53. The average molecular weight is 350 g/mol. The molecule has 4 heteroatoms. The third-order valence-corrected chi connectivity index (χ3v) is 3.86. The van der Waals surface area contributed by atoms with Crippen LogP contribution in [0.15, 0.2) is 46.9 Å². The van der Waals surface area contributed by atoms with E-state index < -0.39 is 0 Å². The first-order valence-electron chi connectivity index (χ1n) is 7.06. The third-order valence-electron chi connectivity index (χ3n) is 3.08. The lowest BCUT2D eigenvalue weighted by atomic mass is 10.1. The summed E-state index contributed by atoms with van der Waals surface area (Å²) in [4.78, 5) is 0. The van der Waals surface area contributed by atoms with Gasteiger partial charge in [-0.05, 0) is 43.7 Å². The molecule has 0 amide bonds. The second-order valence-corrected chi connectivity index (χ2v) is 5.49. The molecule has 112 valence electrons. The maximum absolute atomic E-state index is 5.90. The Morgan fingerprint density at radius 3 is 2.57 bits per heavy atom. The van der Waals surface area contributed by atoms with Gasteiger partial charge in [-0.2, -0.15) is 0 Å². The van der Waals surface area contributed by atoms with Crippen LogP contribution in [0, 0.1) is 0 Å². The van der Waals surface area contributed by atoms with Crippen molar-refractivity contribution in [2.75, 3.05) is 13.2 Å². The molecule has 3 nitrogen and oxygen atoms in total. The molecule has 0 bridgehead atoms. The molecular formula is C17H20BrNO2. The van der Waals surface area contributed by atoms with Gasteiger partial charge in [-0.25, -0.2) is 0 Å². The standard InChI is InChI=1S/C17H20BrNO2/c1-2-20-17-11-13(9-10-19)7-8-16(17)21-12-14-5-3-4-6-15(14)18/h3-8,11H,2,9-10,12,19H2,1H3. The van der Waals surface area contributed by atoms with E-state index in [-0.39, 0.29) is 0 Å². The Hall–Kier alpha value is -1.52. The molecule has 0 radical (unpaired) electrons. The summed E-state index contributed by atoms with van der Waals surface area (Å²) in [6.07, 6.45) is 0.838. The zero-order valence-electron chi connectivity index (χ0n) is 12.1. The van der Waals surface area contributed by atoms with Crippen molar-refractivity contribution in [1.82, 2.24) is 0 Å². The quantitative estimate of drug-likeness (QED) is 0.823. The van der Waals surface area contributed by atoms with Crippen LogP contribution in [0.25, 0.3) is 0 Å². The second-order valence-electron chi connectivity index (χ2n) is 4.63. The molecule has 0 atom stereocenters. The van der Waals surface area contributed by atoms with E-state index in [2.05, 4.69) is 15.9 Å². The molecule has 2 aromatic carbocycles. The summed E-state index contributed by atoms with van der Waals surface area (Å²) in [5.74, 6) is 1.53. The molecular weight excluding hydrogens is 330 g/mol. The van der Waals surface area contributed by atoms with Crippen molar-refractivity contribution in [2.45, 2.75) is 20.0 Å². The molecule has 0 aliphatic heterocycles. The Morgan fingerprint density at radius 1 is 1.05 bits per heavy atom. The fourth-order valence-electron chi connectivity index (χ4n) is 2.03. The van der Waals surface area contributed by atoms with E-state index in [4.69, 9.17) is 15.2 Å². The molecule has 0 unspecified atom stereocenters. The summed E-state index contributed by atoms with van der Waals surface area (Å²) in [7, 11) is 0. The molecule has 0 aliphatic carbocycles. The van der Waals surface area contributed by atoms with Crippen molar-refractivity contribution < 1.29 is 9.47 Å². The molecule has 2 aromatic rings. The largest absolute Gasteiger partial charge is 0.490 e. The van der Waals surface area contributed by atoms with Crippen LogP contribution in [0.2, 0.25) is 0 Å². The van der Waals surface area contributed by atoms with E-state index in [1.54, 1.807) is 0 Å². The van der Waals surface area contributed by atoms with Gasteiger partial charge in [-0.3, -0.25) is 0 Å². The number of halogens is 1. The minimum absolute atomic E-state index is 0.498. The van der Waals surface area contributed by atoms with Gasteiger partial charge in [0.15, 0.2) is 11.5 Å². The lowest BCUT2D eigenvalue weighted by Gasteiger charge is -2.14. The molecule has 2 N–H and O–H groups in total. The maximum Gasteiger partial charge on any atom is 0.161 e. The van der Waals surface area contributed by atoms with Crippen molar-refractivity contribution in [3.8, 4) is 11.5 Å². The van der Waals surface area contributed by atoms with Crippen LogP contribution >= 0.6 is 15.9 Å². The van der Waals surface area contributed by atoms with E-state index in [1.165, 1.54) is 0 Å². The van der Waals surface area contributed by atoms with Crippen molar-refractivity contribution in [3.63, 3.8) is 0 Å². The van der Waals surface area contributed by atoms with E-state index in [9.17, 15) is 0 Å². The van der Waals surface area contributed by atoms with Crippen LogP contribution in [0.5, 0.6) is 11.5 Å². The van der Waals surface area contributed by atoms with E-state index >= 15 is 0 Å². The summed E-state index contributed by atoms with van der Waals surface area (Å²) in [5.41, 5.74) is 7.86. The van der Waals surface area contributed by atoms with Crippen LogP contribution in [0.1, 0.15) is 18.1 Å². The van der Waals surface area contributed by atoms with Gasteiger partial charge in [0.1, 0.15) is 6.61 Å². The molecule has 0 heterocycles. The van der Waals surface area contributed by atoms with Gasteiger partial charge in [0.05, 0.1) is 6.61 Å². The topological polar surface area (TPSA) is 44.5 Å². The minimum atomic E-state index is 0.498. The minimum Gasteiger partial charge on any atom is -0.490 e. The molecule has 0 spiro atoms. The van der Waals surface area contributed by atoms with Crippen LogP contribution < -0.4 is 15.2 Å². The molecule has 2 rings (SSSR count). The fraction of sp³-hybridized carbons (Fsp3) is 0.294. The van der Waals surface area contributed by atoms with Gasteiger partial charge in [0.2, 0.25) is 0 Å². The van der Waals surface area contributed by atoms with E-state index in [0.717, 1.165) is 33.5 Å². The van der Waals surface area contributed by atoms with Gasteiger partial charge in [0, 0.05) is 10.0 Å². The number of hydrogen-bond acceptors (Lipinski definition) is 3. The SMILES string of the molecule is CCOc1cc(CCN)ccc1OCc1ccccc1Br. The normalized spacial score (nSPS) is 10.4. The first kappa shape index (κ1) is 15.9. The molecule has 21 heavy (non-hydrogen) atoms. The average Bonchev–Trinajstić information content (AvgIpc) is 2.49. The Kier molecular flexibility index (Phi) is 6.08. The van der Waals surface area contributed by atoms with Crippen LogP contribution in [-0.2, 0) is 13.0 Å². The summed E-state index contributed by atoms with van der Waals surface area (Å²) in [6, 6.07) is 14.0. The molecule has 0 saturated heterocycles. The zero-order chi connectivity index (χ0) is 15.1. The molecule has 0 aliphatic rings. The summed E-state index contributed by atoms with van der Waals surface area (Å²) < 4.78 is 12.6. The van der Waals surface area contributed by atoms with Gasteiger partial charge < -0.3 is 15.2 Å². The smallest absolute Gasteiger partial charge is 0.161 e.